The number of esters is 3. The van der Waals surface area contributed by atoms with Gasteiger partial charge in [0.15, 0.2) is 18.5 Å². The number of hydrogen-bond donors (Lipinski definition) is 1. The van der Waals surface area contributed by atoms with E-state index in [1.54, 1.807) is 51.1 Å². The zero-order valence-corrected chi connectivity index (χ0v) is 37.3. The van der Waals surface area contributed by atoms with Crippen LogP contribution in [0.3, 0.4) is 0 Å². The number of nitrogens with one attached hydrogen (secondary N) is 1. The molecule has 3 aromatic rings. The van der Waals surface area contributed by atoms with Crippen molar-refractivity contribution in [2.75, 3.05) is 13.7 Å². The Hall–Kier alpha value is -4.52. The topological polar surface area (TPSA) is 216 Å². The number of nitrogens with zero attached hydrogens (tertiary/aromatic N) is 3. The fourth-order valence-corrected chi connectivity index (χ4v) is 6.66. The van der Waals surface area contributed by atoms with Gasteiger partial charge < -0.3 is 47.4 Å². The van der Waals surface area contributed by atoms with Crippen LogP contribution in [0.15, 0.2) is 96.1 Å². The van der Waals surface area contributed by atoms with E-state index in [0.29, 0.717) is 5.56 Å². The summed E-state index contributed by atoms with van der Waals surface area (Å²) < 4.78 is 58.7. The maximum Gasteiger partial charge on any atom is 0.338 e. The van der Waals surface area contributed by atoms with Crippen molar-refractivity contribution in [1.29, 1.82) is 5.41 Å². The van der Waals surface area contributed by atoms with Crippen LogP contribution in [-0.4, -0.2) is 103 Å². The van der Waals surface area contributed by atoms with Crippen molar-refractivity contribution in [2.24, 2.45) is 10.5 Å². The Morgan fingerprint density at radius 3 is 1.70 bits per heavy atom. The summed E-state index contributed by atoms with van der Waals surface area (Å²) in [5, 5.41) is 12.5. The second-order valence-corrected chi connectivity index (χ2v) is 17.7. The lowest BCUT2D eigenvalue weighted by Crippen LogP contribution is -2.67. The second kappa shape index (κ2) is 22.9. The molecule has 3 aromatic carbocycles. The first kappa shape index (κ1) is 49.5. The summed E-state index contributed by atoms with van der Waals surface area (Å²) >= 11 is 18.0. The molecule has 1 N–H and O–H groups in total. The number of methoxy groups -OCH3 is 1. The first-order valence-corrected chi connectivity index (χ1v) is 20.8. The molecule has 2 heterocycles. The molecule has 1 unspecified atom stereocenters. The molecule has 5 rings (SSSR count). The van der Waals surface area contributed by atoms with Crippen LogP contribution in [0.4, 0.5) is 0 Å². The van der Waals surface area contributed by atoms with Gasteiger partial charge in [-0.15, -0.1) is 0 Å². The quantitative estimate of drug-likeness (QED) is 0.0206. The highest BCUT2D eigenvalue weighted by atomic mass is 35.6. The van der Waals surface area contributed by atoms with Gasteiger partial charge >= 0.3 is 17.9 Å². The summed E-state index contributed by atoms with van der Waals surface area (Å²) in [6.45, 7) is 5.52. The minimum Gasteiger partial charge on any atom is -0.467 e. The van der Waals surface area contributed by atoms with Crippen molar-refractivity contribution >= 4 is 58.6 Å². The first-order chi connectivity index (χ1) is 30.0. The molecular formula is C43H49Cl3N4O13. The number of halogens is 3. The van der Waals surface area contributed by atoms with E-state index in [0.717, 1.165) is 18.2 Å². The molecule has 2 fully saturated rings. The zero-order valence-electron chi connectivity index (χ0n) is 35.0. The predicted octanol–water partition coefficient (Wildman–Crippen LogP) is 7.31. The van der Waals surface area contributed by atoms with Crippen LogP contribution in [0.5, 0.6) is 0 Å². The molecule has 0 spiro atoms. The molecule has 2 saturated heterocycles. The lowest BCUT2D eigenvalue weighted by Gasteiger charge is -2.49. The number of rotatable bonds is 17. The van der Waals surface area contributed by atoms with E-state index in [9.17, 15) is 19.9 Å². The average molecular weight is 936 g/mol. The third kappa shape index (κ3) is 14.0. The van der Waals surface area contributed by atoms with Crippen LogP contribution in [0.1, 0.15) is 44.4 Å². The number of alkyl halides is 3. The van der Waals surface area contributed by atoms with E-state index in [-0.39, 0.29) is 26.4 Å². The van der Waals surface area contributed by atoms with E-state index >= 15 is 0 Å². The normalized spacial score (nSPS) is 26.1. The summed E-state index contributed by atoms with van der Waals surface area (Å²) in [4.78, 5) is 42.8. The summed E-state index contributed by atoms with van der Waals surface area (Å²) in [7, 11) is 1.09. The second-order valence-electron chi connectivity index (χ2n) is 15.4. The van der Waals surface area contributed by atoms with E-state index in [1.165, 1.54) is 6.92 Å². The highest BCUT2D eigenvalue weighted by Crippen LogP contribution is 2.38. The van der Waals surface area contributed by atoms with E-state index in [2.05, 4.69) is 10.0 Å². The van der Waals surface area contributed by atoms with Gasteiger partial charge in [0.1, 0.15) is 43.2 Å². The van der Waals surface area contributed by atoms with E-state index < -0.39 is 94.4 Å². The van der Waals surface area contributed by atoms with Gasteiger partial charge in [0, 0.05) is 11.8 Å². The lowest BCUT2D eigenvalue weighted by molar-refractivity contribution is -0.343. The Labute approximate surface area is 379 Å². The molecule has 340 valence electrons. The van der Waals surface area contributed by atoms with Crippen LogP contribution in [0.2, 0.25) is 0 Å². The largest absolute Gasteiger partial charge is 0.467 e. The number of azide groups is 1. The molecule has 0 aromatic heterocycles. The van der Waals surface area contributed by atoms with Crippen LogP contribution >= 0.6 is 34.8 Å². The van der Waals surface area contributed by atoms with Gasteiger partial charge in [0.2, 0.25) is 12.2 Å². The SMILES string of the molecule is COC(=O)[C@@H]1OC(OC(=N)C(Cl)(Cl)Cl)[C@H](OC(=O)C(C)(C)C)[C@@H](OCc2ccccc2)[C@@H]1O[C@H]1O[C@H](COC(C)=O)[C@@H](OCc2ccccc2)[C@H](OCc2ccccc2)[C@H]1N=[N+]=[N-]. The monoisotopic (exact) mass is 934 g/mol. The maximum atomic E-state index is 13.8. The number of ether oxygens (including phenoxy) is 10. The number of hydrogen-bond acceptors (Lipinski definition) is 15. The van der Waals surface area contributed by atoms with Gasteiger partial charge in [-0.25, -0.2) is 4.79 Å². The fourth-order valence-electron chi connectivity index (χ4n) is 6.53. The molecule has 0 amide bonds. The van der Waals surface area contributed by atoms with E-state index in [1.807, 2.05) is 60.7 Å². The summed E-state index contributed by atoms with van der Waals surface area (Å²) in [6, 6.07) is 25.9. The third-order valence-corrected chi connectivity index (χ3v) is 10.2. The zero-order chi connectivity index (χ0) is 45.7. The number of carbonyl (C=O) groups is 3. The standard InChI is InChI=1S/C43H49Cl3N4O13/c1-25(51)55-24-29-31(56-21-26-15-9-6-10-16-26)32(57-22-27-17-11-7-12-18-27)30(49-50-48)38(59-29)60-34-33(58-23-28-19-13-8-14-20-28)36(62-41(53)42(2,3)4)39(61-35(34)37(52)54-5)63-40(47)43(44,45)46/h6-20,29-36,38-39,47H,21-24H2,1-5H3/t29-,30-,31-,32-,33+,34+,35-,36-,38-,39?/m1/s1. The Kier molecular flexibility index (Phi) is 18.0. The molecule has 2 aliphatic rings. The minimum atomic E-state index is -2.42. The van der Waals surface area contributed by atoms with Crippen molar-refractivity contribution in [2.45, 2.75) is 113 Å². The molecule has 2 aliphatic heterocycles. The Bertz CT molecular complexity index is 2020. The molecule has 20 heteroatoms. The molecule has 17 nitrogen and oxygen atoms in total. The van der Waals surface area contributed by atoms with Crippen LogP contribution in [0.25, 0.3) is 10.4 Å². The van der Waals surface area contributed by atoms with Crippen molar-refractivity contribution in [3.8, 4) is 0 Å². The smallest absolute Gasteiger partial charge is 0.338 e. The lowest BCUT2D eigenvalue weighted by atomic mass is 9.94. The third-order valence-electron chi connectivity index (χ3n) is 9.67. The maximum absolute atomic E-state index is 13.8. The highest BCUT2D eigenvalue weighted by molar-refractivity contribution is 6.76. The minimum absolute atomic E-state index is 0.000303. The molecule has 63 heavy (non-hydrogen) atoms. The van der Waals surface area contributed by atoms with Crippen molar-refractivity contribution in [3.63, 3.8) is 0 Å². The van der Waals surface area contributed by atoms with Crippen molar-refractivity contribution in [3.05, 3.63) is 118 Å². The van der Waals surface area contributed by atoms with Crippen LogP contribution in [0, 0.1) is 10.8 Å². The molecule has 0 bridgehead atoms. The van der Waals surface area contributed by atoms with Gasteiger partial charge in [-0.2, -0.15) is 0 Å². The number of carbonyl (C=O) groups excluding carboxylic acids is 3. The van der Waals surface area contributed by atoms with Gasteiger partial charge in [-0.1, -0.05) is 131 Å². The van der Waals surface area contributed by atoms with E-state index in [4.69, 9.17) is 87.6 Å². The van der Waals surface area contributed by atoms with Gasteiger partial charge in [-0.05, 0) is 43.0 Å². The molecule has 10 atom stereocenters. The first-order valence-electron chi connectivity index (χ1n) is 19.7. The molecular weight excluding hydrogens is 887 g/mol. The Morgan fingerprint density at radius 1 is 0.730 bits per heavy atom. The highest BCUT2D eigenvalue weighted by Gasteiger charge is 2.58. The summed E-state index contributed by atoms with van der Waals surface area (Å²) in [5.74, 6) is -3.38. The average Bonchev–Trinajstić information content (AvgIpc) is 3.25. The van der Waals surface area contributed by atoms with Crippen molar-refractivity contribution < 1.29 is 61.8 Å². The number of benzene rings is 3. The van der Waals surface area contributed by atoms with Gasteiger partial charge in [0.25, 0.3) is 3.79 Å². The molecule has 0 aliphatic carbocycles. The summed E-state index contributed by atoms with van der Waals surface area (Å²) in [5.41, 5.74) is 11.1. The van der Waals surface area contributed by atoms with Gasteiger partial charge in [0.05, 0.1) is 32.3 Å². The Balaban J connectivity index is 1.63. The van der Waals surface area contributed by atoms with Crippen molar-refractivity contribution in [1.82, 2.24) is 0 Å². The summed E-state index contributed by atoms with van der Waals surface area (Å²) in [6.07, 6.45) is -13.5. The van der Waals surface area contributed by atoms with Gasteiger partial charge in [-0.3, -0.25) is 15.0 Å². The molecule has 0 radical (unpaired) electrons. The van der Waals surface area contributed by atoms with Crippen LogP contribution in [-0.2, 0) is 81.6 Å². The van der Waals surface area contributed by atoms with Crippen LogP contribution < -0.4 is 0 Å². The predicted molar refractivity (Wildman–Crippen MR) is 227 cm³/mol. The Morgan fingerprint density at radius 2 is 1.24 bits per heavy atom. The molecule has 0 saturated carbocycles. The fraction of sp³-hybridized carbons (Fsp3) is 0.488.